The van der Waals surface area contributed by atoms with Crippen LogP contribution in [-0.4, -0.2) is 42.5 Å². The summed E-state index contributed by atoms with van der Waals surface area (Å²) in [4.78, 5) is 28.7. The van der Waals surface area contributed by atoms with Crippen LogP contribution in [-0.2, 0) is 22.6 Å². The summed E-state index contributed by atoms with van der Waals surface area (Å²) in [6.45, 7) is 6.60. The summed E-state index contributed by atoms with van der Waals surface area (Å²) in [7, 11) is 1.62. The van der Waals surface area contributed by atoms with Gasteiger partial charge in [-0.05, 0) is 62.6 Å². The van der Waals surface area contributed by atoms with Crippen LogP contribution in [0.3, 0.4) is 0 Å². The minimum Gasteiger partial charge on any atom is -0.497 e. The molecular formula is C31H38N2O4. The van der Waals surface area contributed by atoms with E-state index < -0.39 is 6.04 Å². The second-order valence-electron chi connectivity index (χ2n) is 9.51. The molecule has 1 unspecified atom stereocenters. The monoisotopic (exact) mass is 502 g/mol. The number of aryl methyl sites for hydroxylation is 1. The van der Waals surface area contributed by atoms with Crippen LogP contribution in [0.5, 0.6) is 11.5 Å². The van der Waals surface area contributed by atoms with E-state index in [0.29, 0.717) is 31.7 Å². The van der Waals surface area contributed by atoms with Crippen LogP contribution in [0.15, 0.2) is 78.9 Å². The fraction of sp³-hybridized carbons (Fsp3) is 0.355. The molecule has 0 bridgehead atoms. The lowest BCUT2D eigenvalue weighted by atomic mass is 10.0. The molecular weight excluding hydrogens is 464 g/mol. The van der Waals surface area contributed by atoms with Gasteiger partial charge in [0.25, 0.3) is 0 Å². The van der Waals surface area contributed by atoms with Crippen molar-refractivity contribution in [1.29, 1.82) is 0 Å². The summed E-state index contributed by atoms with van der Waals surface area (Å²) < 4.78 is 11.2. The van der Waals surface area contributed by atoms with Crippen molar-refractivity contribution in [2.45, 2.75) is 58.7 Å². The molecule has 0 aliphatic carbocycles. The third-order valence-corrected chi connectivity index (χ3v) is 6.01. The summed E-state index contributed by atoms with van der Waals surface area (Å²) in [5.74, 6) is 1.24. The molecule has 6 nitrogen and oxygen atoms in total. The van der Waals surface area contributed by atoms with E-state index >= 15 is 0 Å². The molecule has 3 aromatic carbocycles. The first-order valence-electron chi connectivity index (χ1n) is 12.8. The highest BCUT2D eigenvalue weighted by Crippen LogP contribution is 2.20. The van der Waals surface area contributed by atoms with E-state index in [9.17, 15) is 9.59 Å². The molecule has 37 heavy (non-hydrogen) atoms. The number of carbonyl (C=O) groups is 2. The van der Waals surface area contributed by atoms with Crippen LogP contribution in [0, 0.1) is 6.92 Å². The molecule has 0 heterocycles. The van der Waals surface area contributed by atoms with Gasteiger partial charge < -0.3 is 19.7 Å². The quantitative estimate of drug-likeness (QED) is 0.321. The van der Waals surface area contributed by atoms with Crippen LogP contribution < -0.4 is 14.8 Å². The van der Waals surface area contributed by atoms with E-state index in [1.54, 1.807) is 12.0 Å². The van der Waals surface area contributed by atoms with Crippen molar-refractivity contribution < 1.29 is 19.1 Å². The number of methoxy groups -OCH3 is 1. The van der Waals surface area contributed by atoms with Crippen molar-refractivity contribution in [3.63, 3.8) is 0 Å². The van der Waals surface area contributed by atoms with Gasteiger partial charge in [-0.1, -0.05) is 60.2 Å². The zero-order valence-electron chi connectivity index (χ0n) is 22.3. The van der Waals surface area contributed by atoms with Crippen molar-refractivity contribution in [2.75, 3.05) is 13.7 Å². The number of benzene rings is 3. The second kappa shape index (κ2) is 14.1. The van der Waals surface area contributed by atoms with Crippen molar-refractivity contribution >= 4 is 11.8 Å². The number of amides is 2. The van der Waals surface area contributed by atoms with E-state index in [-0.39, 0.29) is 24.3 Å². The molecule has 0 fully saturated rings. The highest BCUT2D eigenvalue weighted by atomic mass is 16.5. The molecule has 0 aliphatic heterocycles. The molecule has 0 saturated heterocycles. The number of nitrogens with zero attached hydrogens (tertiary/aromatic N) is 1. The van der Waals surface area contributed by atoms with Gasteiger partial charge in [-0.15, -0.1) is 0 Å². The van der Waals surface area contributed by atoms with Gasteiger partial charge in [-0.25, -0.2) is 0 Å². The number of nitrogens with one attached hydrogen (secondary N) is 1. The molecule has 196 valence electrons. The maximum atomic E-state index is 13.6. The number of ether oxygens (including phenoxy) is 2. The van der Waals surface area contributed by atoms with Crippen LogP contribution in [0.25, 0.3) is 0 Å². The summed E-state index contributed by atoms with van der Waals surface area (Å²) in [5, 5.41) is 3.02. The minimum atomic E-state index is -0.651. The number of rotatable bonds is 13. The Morgan fingerprint density at radius 1 is 0.892 bits per heavy atom. The Kier molecular flexibility index (Phi) is 10.6. The van der Waals surface area contributed by atoms with Crippen molar-refractivity contribution in [3.8, 4) is 11.5 Å². The molecule has 3 rings (SSSR count). The van der Waals surface area contributed by atoms with Gasteiger partial charge in [0, 0.05) is 25.4 Å². The Bertz CT molecular complexity index is 1130. The van der Waals surface area contributed by atoms with Crippen molar-refractivity contribution in [1.82, 2.24) is 10.2 Å². The molecule has 6 heteroatoms. The van der Waals surface area contributed by atoms with Crippen LogP contribution in [0.4, 0.5) is 0 Å². The first-order valence-corrected chi connectivity index (χ1v) is 12.8. The van der Waals surface area contributed by atoms with Gasteiger partial charge >= 0.3 is 0 Å². The average molecular weight is 503 g/mol. The van der Waals surface area contributed by atoms with Gasteiger partial charge in [0.1, 0.15) is 17.5 Å². The van der Waals surface area contributed by atoms with Crippen LogP contribution in [0.1, 0.15) is 43.4 Å². The summed E-state index contributed by atoms with van der Waals surface area (Å²) in [6.07, 6.45) is 1.25. The fourth-order valence-corrected chi connectivity index (χ4v) is 4.09. The third kappa shape index (κ3) is 8.98. The standard InChI is InChI=1S/C31H38N2O4/c1-23(2)32-31(35)29(21-25-10-6-5-7-11-25)33(22-26-12-8-13-28(20-26)36-4)30(34)14-9-19-37-27-17-15-24(3)16-18-27/h5-8,10-13,15-18,20,23,29H,9,14,19,21-22H2,1-4H3,(H,32,35). The van der Waals surface area contributed by atoms with E-state index in [1.807, 2.05) is 99.6 Å². The van der Waals surface area contributed by atoms with Crippen LogP contribution >= 0.6 is 0 Å². The lowest BCUT2D eigenvalue weighted by molar-refractivity contribution is -0.141. The Balaban J connectivity index is 1.80. The predicted molar refractivity (Wildman–Crippen MR) is 147 cm³/mol. The summed E-state index contributed by atoms with van der Waals surface area (Å²) >= 11 is 0. The first-order chi connectivity index (χ1) is 17.9. The minimum absolute atomic E-state index is 0.0394. The molecule has 3 aromatic rings. The molecule has 1 N–H and O–H groups in total. The number of carbonyl (C=O) groups excluding carboxylic acids is 2. The van der Waals surface area contributed by atoms with Crippen molar-refractivity contribution in [2.24, 2.45) is 0 Å². The predicted octanol–water partition coefficient (Wildman–Crippen LogP) is 5.33. The lowest BCUT2D eigenvalue weighted by Gasteiger charge is -2.32. The van der Waals surface area contributed by atoms with E-state index in [1.165, 1.54) is 5.56 Å². The Hall–Kier alpha value is -3.80. The van der Waals surface area contributed by atoms with Gasteiger partial charge in [0.15, 0.2) is 0 Å². The smallest absolute Gasteiger partial charge is 0.243 e. The Morgan fingerprint density at radius 3 is 2.27 bits per heavy atom. The molecule has 0 aliphatic rings. The summed E-state index contributed by atoms with van der Waals surface area (Å²) in [5.41, 5.74) is 3.07. The second-order valence-corrected chi connectivity index (χ2v) is 9.51. The first kappa shape index (κ1) is 27.8. The van der Waals surface area contributed by atoms with Gasteiger partial charge in [0.05, 0.1) is 13.7 Å². The van der Waals surface area contributed by atoms with E-state index in [0.717, 1.165) is 16.9 Å². The van der Waals surface area contributed by atoms with E-state index in [4.69, 9.17) is 9.47 Å². The fourth-order valence-electron chi connectivity index (χ4n) is 4.09. The zero-order valence-corrected chi connectivity index (χ0v) is 22.3. The molecule has 0 saturated carbocycles. The van der Waals surface area contributed by atoms with E-state index in [2.05, 4.69) is 5.32 Å². The normalized spacial score (nSPS) is 11.6. The third-order valence-electron chi connectivity index (χ3n) is 6.01. The zero-order chi connectivity index (χ0) is 26.6. The molecule has 2 amide bonds. The summed E-state index contributed by atoms with van der Waals surface area (Å²) in [6, 6.07) is 24.6. The number of hydrogen-bond acceptors (Lipinski definition) is 4. The molecule has 0 spiro atoms. The Labute approximate surface area is 220 Å². The maximum Gasteiger partial charge on any atom is 0.243 e. The average Bonchev–Trinajstić information content (AvgIpc) is 2.89. The maximum absolute atomic E-state index is 13.6. The largest absolute Gasteiger partial charge is 0.497 e. The van der Waals surface area contributed by atoms with Gasteiger partial charge in [-0.3, -0.25) is 9.59 Å². The lowest BCUT2D eigenvalue weighted by Crippen LogP contribution is -2.51. The number of hydrogen-bond donors (Lipinski definition) is 1. The topological polar surface area (TPSA) is 67.9 Å². The van der Waals surface area contributed by atoms with Crippen LogP contribution in [0.2, 0.25) is 0 Å². The highest BCUT2D eigenvalue weighted by molar-refractivity contribution is 5.88. The van der Waals surface area contributed by atoms with Gasteiger partial charge in [-0.2, -0.15) is 0 Å². The molecule has 1 atom stereocenters. The van der Waals surface area contributed by atoms with Crippen molar-refractivity contribution in [3.05, 3.63) is 95.6 Å². The van der Waals surface area contributed by atoms with Gasteiger partial charge in [0.2, 0.25) is 11.8 Å². The highest BCUT2D eigenvalue weighted by Gasteiger charge is 2.30. The molecule has 0 radical (unpaired) electrons. The molecule has 0 aromatic heterocycles. The SMILES string of the molecule is COc1cccc(CN(C(=O)CCCOc2ccc(C)cc2)C(Cc2ccccc2)C(=O)NC(C)C)c1. The Morgan fingerprint density at radius 2 is 1.59 bits per heavy atom.